The fourth-order valence-electron chi connectivity index (χ4n) is 0.740. The van der Waals surface area contributed by atoms with E-state index in [0.717, 1.165) is 0 Å². The second-order valence-corrected chi connectivity index (χ2v) is 3.04. The van der Waals surface area contributed by atoms with Gasteiger partial charge in [0.25, 0.3) is 0 Å². The summed E-state index contributed by atoms with van der Waals surface area (Å²) in [7, 11) is 3.21. The van der Waals surface area contributed by atoms with E-state index >= 15 is 0 Å². The van der Waals surface area contributed by atoms with Crippen molar-refractivity contribution < 1.29 is 14.3 Å². The highest BCUT2D eigenvalue weighted by Gasteiger charge is 2.01. The summed E-state index contributed by atoms with van der Waals surface area (Å²) in [5, 5.41) is 0. The summed E-state index contributed by atoms with van der Waals surface area (Å²) < 4.78 is 9.35. The number of methoxy groups -OCH3 is 2. The molecule has 0 radical (unpaired) electrons. The highest BCUT2D eigenvalue weighted by atomic mass is 16.7. The van der Waals surface area contributed by atoms with E-state index in [0.29, 0.717) is 13.1 Å². The van der Waals surface area contributed by atoms with Crippen LogP contribution in [0, 0.1) is 0 Å². The molecule has 0 aliphatic heterocycles. The minimum absolute atomic E-state index is 0.0554. The molecule has 94 valence electrons. The second-order valence-electron chi connectivity index (χ2n) is 3.04. The molecular formula is C12H23NO3. The van der Waals surface area contributed by atoms with Gasteiger partial charge in [-0.15, -0.1) is 13.2 Å². The van der Waals surface area contributed by atoms with E-state index < -0.39 is 0 Å². The Morgan fingerprint density at radius 2 is 1.62 bits per heavy atom. The van der Waals surface area contributed by atoms with Gasteiger partial charge in [0.2, 0.25) is 5.91 Å². The van der Waals surface area contributed by atoms with Gasteiger partial charge in [0.15, 0.2) is 6.29 Å². The van der Waals surface area contributed by atoms with Crippen LogP contribution < -0.4 is 0 Å². The second kappa shape index (κ2) is 11.9. The van der Waals surface area contributed by atoms with E-state index in [1.807, 2.05) is 6.92 Å². The Balaban J connectivity index is 0. The smallest absolute Gasteiger partial charge is 0.220 e. The zero-order valence-corrected chi connectivity index (χ0v) is 10.7. The van der Waals surface area contributed by atoms with Crippen molar-refractivity contribution in [1.82, 2.24) is 4.90 Å². The number of ether oxygens (including phenoxy) is 2. The predicted molar refractivity (Wildman–Crippen MR) is 66.1 cm³/mol. The van der Waals surface area contributed by atoms with E-state index in [9.17, 15) is 4.79 Å². The van der Waals surface area contributed by atoms with Crippen LogP contribution >= 0.6 is 0 Å². The summed E-state index contributed by atoms with van der Waals surface area (Å²) in [6, 6.07) is 0. The van der Waals surface area contributed by atoms with E-state index in [-0.39, 0.29) is 12.2 Å². The first kappa shape index (κ1) is 17.3. The van der Waals surface area contributed by atoms with Gasteiger partial charge in [0, 0.05) is 34.2 Å². The Bertz CT molecular complexity index is 190. The number of carbonyl (C=O) groups excluding carboxylic acids is 1. The largest absolute Gasteiger partial charge is 0.356 e. The Kier molecular flexibility index (Phi) is 12.9. The molecular weight excluding hydrogens is 206 g/mol. The van der Waals surface area contributed by atoms with Crippen molar-refractivity contribution in [2.75, 3.05) is 27.3 Å². The number of nitrogens with zero attached hydrogens (tertiary/aromatic N) is 1. The highest BCUT2D eigenvalue weighted by molar-refractivity contribution is 5.73. The van der Waals surface area contributed by atoms with Crippen LogP contribution in [0.4, 0.5) is 0 Å². The van der Waals surface area contributed by atoms with E-state index in [2.05, 4.69) is 22.6 Å². The molecule has 0 atom stereocenters. The van der Waals surface area contributed by atoms with Crippen molar-refractivity contribution in [2.45, 2.75) is 20.1 Å². The van der Waals surface area contributed by atoms with Gasteiger partial charge in [-0.05, 0) is 6.92 Å². The van der Waals surface area contributed by atoms with Crippen LogP contribution in [0.3, 0.4) is 0 Å². The van der Waals surface area contributed by atoms with E-state index in [1.54, 1.807) is 31.3 Å². The van der Waals surface area contributed by atoms with Crippen molar-refractivity contribution in [3.8, 4) is 0 Å². The van der Waals surface area contributed by atoms with Gasteiger partial charge < -0.3 is 14.4 Å². The van der Waals surface area contributed by atoms with Gasteiger partial charge in [-0.25, -0.2) is 0 Å². The highest BCUT2D eigenvalue weighted by Crippen LogP contribution is 1.88. The third kappa shape index (κ3) is 10.9. The van der Waals surface area contributed by atoms with E-state index in [1.165, 1.54) is 6.92 Å². The maximum atomic E-state index is 10.8. The molecule has 0 bridgehead atoms. The minimum atomic E-state index is -0.0648. The Morgan fingerprint density at radius 1 is 1.25 bits per heavy atom. The molecule has 0 aromatic rings. The lowest BCUT2D eigenvalue weighted by Gasteiger charge is -2.15. The molecule has 0 heterocycles. The quantitative estimate of drug-likeness (QED) is 0.515. The first-order valence-corrected chi connectivity index (χ1v) is 5.06. The summed E-state index contributed by atoms with van der Waals surface area (Å²) >= 11 is 0. The SMILES string of the molecule is C=CCN(CC=C)C(C)=O.COC(C)OC. The monoisotopic (exact) mass is 229 g/mol. The van der Waals surface area contributed by atoms with Crippen molar-refractivity contribution >= 4 is 5.91 Å². The van der Waals surface area contributed by atoms with Crippen LogP contribution in [0.5, 0.6) is 0 Å². The third-order valence-electron chi connectivity index (χ3n) is 1.81. The Hall–Kier alpha value is -1.13. The van der Waals surface area contributed by atoms with Gasteiger partial charge in [-0.2, -0.15) is 0 Å². The summed E-state index contributed by atoms with van der Waals surface area (Å²) in [6.07, 6.45) is 3.33. The molecule has 0 saturated carbocycles. The normalized spacial score (nSPS) is 9.06. The van der Waals surface area contributed by atoms with Crippen molar-refractivity contribution in [3.05, 3.63) is 25.3 Å². The lowest BCUT2D eigenvalue weighted by atomic mass is 10.4. The maximum absolute atomic E-state index is 10.8. The van der Waals surface area contributed by atoms with Crippen molar-refractivity contribution in [2.24, 2.45) is 0 Å². The maximum Gasteiger partial charge on any atom is 0.220 e. The number of hydrogen-bond acceptors (Lipinski definition) is 3. The van der Waals surface area contributed by atoms with Gasteiger partial charge in [0.05, 0.1) is 0 Å². The predicted octanol–water partition coefficient (Wildman–Crippen LogP) is 1.83. The molecule has 0 saturated heterocycles. The minimum Gasteiger partial charge on any atom is -0.356 e. The molecule has 0 aliphatic carbocycles. The average molecular weight is 229 g/mol. The molecule has 0 rings (SSSR count). The lowest BCUT2D eigenvalue weighted by Crippen LogP contribution is -2.28. The number of amides is 1. The molecule has 0 aromatic heterocycles. The Morgan fingerprint density at radius 3 is 1.75 bits per heavy atom. The number of carbonyl (C=O) groups is 1. The number of hydrogen-bond donors (Lipinski definition) is 0. The molecule has 0 N–H and O–H groups in total. The first-order valence-electron chi connectivity index (χ1n) is 5.06. The molecule has 0 aromatic carbocycles. The molecule has 0 fully saturated rings. The zero-order valence-electron chi connectivity index (χ0n) is 10.7. The molecule has 4 heteroatoms. The zero-order chi connectivity index (χ0) is 13.0. The van der Waals surface area contributed by atoms with E-state index in [4.69, 9.17) is 0 Å². The van der Waals surface area contributed by atoms with Crippen LogP contribution in [0.15, 0.2) is 25.3 Å². The first-order chi connectivity index (χ1) is 7.53. The molecule has 0 spiro atoms. The van der Waals surface area contributed by atoms with Crippen LogP contribution in [0.25, 0.3) is 0 Å². The molecule has 0 aliphatic rings. The van der Waals surface area contributed by atoms with Gasteiger partial charge in [-0.1, -0.05) is 12.2 Å². The van der Waals surface area contributed by atoms with Crippen LogP contribution in [-0.4, -0.2) is 44.4 Å². The average Bonchev–Trinajstić information content (AvgIpc) is 2.28. The summed E-state index contributed by atoms with van der Waals surface area (Å²) in [5.41, 5.74) is 0. The van der Waals surface area contributed by atoms with Gasteiger partial charge >= 0.3 is 0 Å². The van der Waals surface area contributed by atoms with Crippen molar-refractivity contribution in [3.63, 3.8) is 0 Å². The summed E-state index contributed by atoms with van der Waals surface area (Å²) in [4.78, 5) is 12.4. The third-order valence-corrected chi connectivity index (χ3v) is 1.81. The standard InChI is InChI=1S/C8H13NO.C4H10O2/c1-4-6-9(7-5-2)8(3)10;1-4(5-2)6-3/h4-5H,1-2,6-7H2,3H3;4H,1-3H3. The van der Waals surface area contributed by atoms with Crippen molar-refractivity contribution in [1.29, 1.82) is 0 Å². The summed E-state index contributed by atoms with van der Waals surface area (Å²) in [5.74, 6) is 0.0554. The fourth-order valence-corrected chi connectivity index (χ4v) is 0.740. The van der Waals surface area contributed by atoms with Crippen LogP contribution in [0.1, 0.15) is 13.8 Å². The fraction of sp³-hybridized carbons (Fsp3) is 0.583. The molecule has 0 unspecified atom stereocenters. The summed E-state index contributed by atoms with van der Waals surface area (Å²) in [6.45, 7) is 11.6. The lowest BCUT2D eigenvalue weighted by molar-refractivity contribution is -0.127. The van der Waals surface area contributed by atoms with Gasteiger partial charge in [-0.3, -0.25) is 4.79 Å². The van der Waals surface area contributed by atoms with Crippen LogP contribution in [0.2, 0.25) is 0 Å². The molecule has 4 nitrogen and oxygen atoms in total. The van der Waals surface area contributed by atoms with Crippen LogP contribution in [-0.2, 0) is 14.3 Å². The van der Waals surface area contributed by atoms with Gasteiger partial charge in [0.1, 0.15) is 0 Å². The molecule has 1 amide bonds. The Labute approximate surface area is 98.5 Å². The number of rotatable bonds is 6. The molecule has 16 heavy (non-hydrogen) atoms. The topological polar surface area (TPSA) is 38.8 Å².